The SMILES string of the molecule is CC(C)(C)OC(=O)ON1CCC[C@@H](O)[C@H](NC(=O)c2cc(F)ccc2OCc2ccccc2)C1. The molecule has 0 aliphatic carbocycles. The number of benzene rings is 2. The van der Waals surface area contributed by atoms with E-state index in [4.69, 9.17) is 14.3 Å². The monoisotopic (exact) mass is 474 g/mol. The van der Waals surface area contributed by atoms with Crippen LogP contribution in [0.4, 0.5) is 9.18 Å². The summed E-state index contributed by atoms with van der Waals surface area (Å²) in [5.74, 6) is -0.980. The highest BCUT2D eigenvalue weighted by Gasteiger charge is 2.31. The van der Waals surface area contributed by atoms with Gasteiger partial charge >= 0.3 is 6.16 Å². The molecule has 1 amide bonds. The topological polar surface area (TPSA) is 97.3 Å². The lowest BCUT2D eigenvalue weighted by Crippen LogP contribution is -2.49. The van der Waals surface area contributed by atoms with Crippen LogP contribution in [0.5, 0.6) is 5.75 Å². The van der Waals surface area contributed by atoms with E-state index in [1.165, 1.54) is 17.2 Å². The predicted molar refractivity (Wildman–Crippen MR) is 123 cm³/mol. The summed E-state index contributed by atoms with van der Waals surface area (Å²) in [5.41, 5.74) is 0.183. The largest absolute Gasteiger partial charge is 0.528 e. The van der Waals surface area contributed by atoms with Crippen molar-refractivity contribution in [2.24, 2.45) is 0 Å². The Morgan fingerprint density at radius 2 is 1.91 bits per heavy atom. The molecule has 1 saturated heterocycles. The third-order valence-electron chi connectivity index (χ3n) is 5.11. The fourth-order valence-corrected chi connectivity index (χ4v) is 3.50. The average molecular weight is 475 g/mol. The Labute approximate surface area is 198 Å². The van der Waals surface area contributed by atoms with Gasteiger partial charge in [0.05, 0.1) is 24.3 Å². The Morgan fingerprint density at radius 3 is 2.62 bits per heavy atom. The molecule has 0 saturated carbocycles. The van der Waals surface area contributed by atoms with E-state index in [2.05, 4.69) is 5.32 Å². The summed E-state index contributed by atoms with van der Waals surface area (Å²) in [7, 11) is 0. The number of hydroxylamine groups is 2. The van der Waals surface area contributed by atoms with Crippen molar-refractivity contribution in [3.05, 3.63) is 65.5 Å². The number of rotatable bonds is 6. The van der Waals surface area contributed by atoms with E-state index in [9.17, 15) is 19.1 Å². The summed E-state index contributed by atoms with van der Waals surface area (Å²) >= 11 is 0. The first-order valence-electron chi connectivity index (χ1n) is 11.2. The van der Waals surface area contributed by atoms with Gasteiger partial charge in [0.1, 0.15) is 23.8 Å². The number of hydrogen-bond donors (Lipinski definition) is 2. The zero-order valence-electron chi connectivity index (χ0n) is 19.6. The Balaban J connectivity index is 1.69. The molecule has 9 heteroatoms. The molecule has 1 heterocycles. The number of carbonyl (C=O) groups excluding carboxylic acids is 2. The van der Waals surface area contributed by atoms with E-state index in [-0.39, 0.29) is 24.5 Å². The van der Waals surface area contributed by atoms with Gasteiger partial charge in [0, 0.05) is 6.54 Å². The average Bonchev–Trinajstić information content (AvgIpc) is 2.93. The second-order valence-corrected chi connectivity index (χ2v) is 9.15. The maximum atomic E-state index is 14.0. The smallest absolute Gasteiger partial charge is 0.488 e. The number of ether oxygens (including phenoxy) is 2. The first-order valence-corrected chi connectivity index (χ1v) is 11.2. The second kappa shape index (κ2) is 11.3. The normalized spacial score (nSPS) is 19.1. The second-order valence-electron chi connectivity index (χ2n) is 9.15. The number of amides is 1. The van der Waals surface area contributed by atoms with E-state index >= 15 is 0 Å². The standard InChI is InChI=1S/C25H31FN2O6/c1-25(2,3)33-24(31)34-28-13-7-10-21(29)20(15-28)27-23(30)19-14-18(26)11-12-22(19)32-16-17-8-5-4-6-9-17/h4-6,8-9,11-12,14,20-21,29H,7,10,13,15-16H2,1-3H3,(H,27,30)/t20-,21-/m1/s1. The van der Waals surface area contributed by atoms with Gasteiger partial charge in [-0.25, -0.2) is 9.18 Å². The number of nitrogens with one attached hydrogen (secondary N) is 1. The molecule has 0 spiro atoms. The zero-order chi connectivity index (χ0) is 24.7. The minimum absolute atomic E-state index is 0.00647. The predicted octanol–water partition coefficient (Wildman–Crippen LogP) is 3.83. The van der Waals surface area contributed by atoms with Crippen molar-refractivity contribution in [3.63, 3.8) is 0 Å². The van der Waals surface area contributed by atoms with E-state index in [1.807, 2.05) is 30.3 Å². The highest BCUT2D eigenvalue weighted by atomic mass is 19.1. The maximum absolute atomic E-state index is 14.0. The Bertz CT molecular complexity index is 979. The van der Waals surface area contributed by atoms with Gasteiger partial charge in [0.25, 0.3) is 5.91 Å². The van der Waals surface area contributed by atoms with Gasteiger partial charge in [-0.1, -0.05) is 30.3 Å². The summed E-state index contributed by atoms with van der Waals surface area (Å²) < 4.78 is 24.9. The van der Waals surface area contributed by atoms with E-state index in [0.717, 1.165) is 11.6 Å². The third kappa shape index (κ3) is 7.71. The molecule has 34 heavy (non-hydrogen) atoms. The molecule has 2 aromatic carbocycles. The van der Waals surface area contributed by atoms with Crippen LogP contribution in [0.15, 0.2) is 48.5 Å². The Kier molecular flexibility index (Phi) is 8.46. The van der Waals surface area contributed by atoms with Crippen molar-refractivity contribution in [1.29, 1.82) is 0 Å². The van der Waals surface area contributed by atoms with Gasteiger partial charge in [-0.05, 0) is 57.4 Å². The van der Waals surface area contributed by atoms with Crippen LogP contribution in [0.3, 0.4) is 0 Å². The van der Waals surface area contributed by atoms with Crippen LogP contribution in [0, 0.1) is 5.82 Å². The highest BCUT2D eigenvalue weighted by molar-refractivity contribution is 5.97. The van der Waals surface area contributed by atoms with Crippen molar-refractivity contribution in [2.45, 2.75) is 58.0 Å². The Morgan fingerprint density at radius 1 is 1.18 bits per heavy atom. The van der Waals surface area contributed by atoms with Crippen molar-refractivity contribution in [1.82, 2.24) is 10.4 Å². The van der Waals surface area contributed by atoms with Crippen LogP contribution in [-0.2, 0) is 16.2 Å². The van der Waals surface area contributed by atoms with Crippen LogP contribution in [0.1, 0.15) is 49.5 Å². The molecule has 8 nitrogen and oxygen atoms in total. The molecule has 2 N–H and O–H groups in total. The van der Waals surface area contributed by atoms with Gasteiger partial charge in [-0.15, -0.1) is 5.06 Å². The molecule has 1 aliphatic rings. The first-order chi connectivity index (χ1) is 16.1. The lowest BCUT2D eigenvalue weighted by atomic mass is 10.1. The van der Waals surface area contributed by atoms with Crippen LogP contribution in [0.25, 0.3) is 0 Å². The van der Waals surface area contributed by atoms with Gasteiger partial charge < -0.3 is 24.7 Å². The maximum Gasteiger partial charge on any atom is 0.528 e. The molecule has 0 radical (unpaired) electrons. The van der Waals surface area contributed by atoms with Gasteiger partial charge in [-0.3, -0.25) is 4.79 Å². The first kappa shape index (κ1) is 25.5. The van der Waals surface area contributed by atoms with Gasteiger partial charge in [0.15, 0.2) is 0 Å². The summed E-state index contributed by atoms with van der Waals surface area (Å²) in [6.45, 7) is 5.78. The van der Waals surface area contributed by atoms with Crippen molar-refractivity contribution >= 4 is 12.1 Å². The summed E-state index contributed by atoms with van der Waals surface area (Å²) in [4.78, 5) is 30.4. The summed E-state index contributed by atoms with van der Waals surface area (Å²) in [5, 5.41) is 14.6. The minimum Gasteiger partial charge on any atom is -0.488 e. The number of hydrogen-bond acceptors (Lipinski definition) is 7. The van der Waals surface area contributed by atoms with Crippen molar-refractivity contribution in [3.8, 4) is 5.75 Å². The van der Waals surface area contributed by atoms with Crippen LogP contribution >= 0.6 is 0 Å². The Hall–Kier alpha value is -3.17. The van der Waals surface area contributed by atoms with Crippen molar-refractivity contribution < 1.29 is 33.4 Å². The molecule has 184 valence electrons. The van der Waals surface area contributed by atoms with Crippen LogP contribution < -0.4 is 10.1 Å². The van der Waals surface area contributed by atoms with Crippen LogP contribution in [0.2, 0.25) is 0 Å². The van der Waals surface area contributed by atoms with Crippen molar-refractivity contribution in [2.75, 3.05) is 13.1 Å². The number of halogens is 1. The molecule has 3 rings (SSSR count). The summed E-state index contributed by atoms with van der Waals surface area (Å²) in [6.07, 6.45) is -0.810. The molecule has 0 unspecified atom stereocenters. The molecule has 0 aromatic heterocycles. The van der Waals surface area contributed by atoms with Gasteiger partial charge in [-0.2, -0.15) is 0 Å². The zero-order valence-corrected chi connectivity index (χ0v) is 19.6. The lowest BCUT2D eigenvalue weighted by molar-refractivity contribution is -0.144. The number of nitrogens with zero attached hydrogens (tertiary/aromatic N) is 1. The van der Waals surface area contributed by atoms with Gasteiger partial charge in [0.2, 0.25) is 0 Å². The van der Waals surface area contributed by atoms with E-state index in [1.54, 1.807) is 20.8 Å². The van der Waals surface area contributed by atoms with Crippen LogP contribution in [-0.4, -0.2) is 53.1 Å². The minimum atomic E-state index is -0.876. The fourth-order valence-electron chi connectivity index (χ4n) is 3.50. The fraction of sp³-hybridized carbons (Fsp3) is 0.440. The molecular formula is C25H31FN2O6. The quantitative estimate of drug-likeness (QED) is 0.614. The van der Waals surface area contributed by atoms with E-state index in [0.29, 0.717) is 19.4 Å². The number of aliphatic hydroxyl groups excluding tert-OH is 1. The number of aliphatic hydroxyl groups is 1. The lowest BCUT2D eigenvalue weighted by Gasteiger charge is -2.27. The van der Waals surface area contributed by atoms with E-state index < -0.39 is 35.6 Å². The summed E-state index contributed by atoms with van der Waals surface area (Å²) in [6, 6.07) is 12.3. The number of carbonyl (C=O) groups is 2. The molecule has 1 aliphatic heterocycles. The molecule has 0 bridgehead atoms. The molecule has 2 aromatic rings. The molecular weight excluding hydrogens is 443 g/mol. The molecule has 1 fully saturated rings. The third-order valence-corrected chi connectivity index (χ3v) is 5.11. The highest BCUT2D eigenvalue weighted by Crippen LogP contribution is 2.22. The molecule has 2 atom stereocenters.